The number of amides is 3. The van der Waals surface area contributed by atoms with Crippen molar-refractivity contribution < 1.29 is 27.5 Å². The second kappa shape index (κ2) is 9.93. The lowest BCUT2D eigenvalue weighted by molar-refractivity contribution is -0.137. The van der Waals surface area contributed by atoms with Crippen LogP contribution in [0.5, 0.6) is 0 Å². The Morgan fingerprint density at radius 2 is 1.87 bits per heavy atom. The third-order valence-electron chi connectivity index (χ3n) is 6.50. The Bertz CT molecular complexity index is 1390. The van der Waals surface area contributed by atoms with E-state index in [1.165, 1.54) is 17.0 Å². The highest BCUT2D eigenvalue weighted by atomic mass is 19.4. The van der Waals surface area contributed by atoms with E-state index < -0.39 is 17.6 Å². The van der Waals surface area contributed by atoms with Crippen molar-refractivity contribution in [1.29, 1.82) is 0 Å². The number of aromatic nitrogens is 2. The van der Waals surface area contributed by atoms with Gasteiger partial charge in [-0.2, -0.15) is 18.2 Å². The van der Waals surface area contributed by atoms with Crippen molar-refractivity contribution in [3.63, 3.8) is 0 Å². The van der Waals surface area contributed by atoms with Crippen molar-refractivity contribution in [3.8, 4) is 0 Å². The summed E-state index contributed by atoms with van der Waals surface area (Å²) in [5.74, 6) is 0.368. The number of carbonyl (C=O) groups is 2. The number of nitrogens with zero attached hydrogens (tertiary/aromatic N) is 5. The fourth-order valence-corrected chi connectivity index (χ4v) is 4.42. The van der Waals surface area contributed by atoms with Crippen LogP contribution in [0.15, 0.2) is 48.7 Å². The summed E-state index contributed by atoms with van der Waals surface area (Å²) in [6.45, 7) is 4.55. The van der Waals surface area contributed by atoms with Crippen molar-refractivity contribution in [1.82, 2.24) is 9.97 Å². The number of alkyl halides is 3. The predicted molar refractivity (Wildman–Crippen MR) is 136 cm³/mol. The summed E-state index contributed by atoms with van der Waals surface area (Å²) in [7, 11) is 1.64. The summed E-state index contributed by atoms with van der Waals surface area (Å²) in [5.41, 5.74) is 1.38. The molecule has 3 aromatic rings. The maximum atomic E-state index is 13.4. The zero-order valence-corrected chi connectivity index (χ0v) is 20.7. The number of nitrogens with one attached hydrogen (secondary N) is 1. The van der Waals surface area contributed by atoms with Crippen LogP contribution in [0.4, 0.5) is 41.1 Å². The molecule has 5 rings (SSSR count). The van der Waals surface area contributed by atoms with Crippen molar-refractivity contribution in [2.45, 2.75) is 19.6 Å². The van der Waals surface area contributed by atoms with Crippen LogP contribution in [0.3, 0.4) is 0 Å². The fourth-order valence-electron chi connectivity index (χ4n) is 4.42. The molecule has 1 aromatic heterocycles. The summed E-state index contributed by atoms with van der Waals surface area (Å²) in [6.07, 6.45) is -2.85. The number of ether oxygens (including phenoxy) is 1. The van der Waals surface area contributed by atoms with Gasteiger partial charge in [-0.25, -0.2) is 9.78 Å². The third-order valence-corrected chi connectivity index (χ3v) is 6.50. The molecule has 0 radical (unpaired) electrons. The Morgan fingerprint density at radius 3 is 2.61 bits per heavy atom. The lowest BCUT2D eigenvalue weighted by Crippen LogP contribution is -2.46. The minimum absolute atomic E-state index is 0.127. The first-order valence-electron chi connectivity index (χ1n) is 11.9. The zero-order valence-electron chi connectivity index (χ0n) is 20.7. The number of rotatable bonds is 4. The number of urea groups is 1. The molecule has 0 unspecified atom stereocenters. The fraction of sp³-hybridized carbons (Fsp3) is 0.308. The van der Waals surface area contributed by atoms with Crippen molar-refractivity contribution in [2.24, 2.45) is 0 Å². The van der Waals surface area contributed by atoms with E-state index in [4.69, 9.17) is 4.74 Å². The molecule has 2 aromatic carbocycles. The number of aryl methyl sites for hydroxylation is 1. The molecule has 38 heavy (non-hydrogen) atoms. The van der Waals surface area contributed by atoms with Crippen LogP contribution in [-0.2, 0) is 17.5 Å². The molecule has 0 spiro atoms. The van der Waals surface area contributed by atoms with Crippen LogP contribution in [0.2, 0.25) is 0 Å². The minimum atomic E-state index is -4.56. The second-order valence-electron chi connectivity index (χ2n) is 9.08. The molecule has 3 amide bonds. The molecule has 12 heteroatoms. The topological polar surface area (TPSA) is 90.9 Å². The van der Waals surface area contributed by atoms with Gasteiger partial charge in [0.05, 0.1) is 31.0 Å². The number of halogens is 3. The van der Waals surface area contributed by atoms with Gasteiger partial charge >= 0.3 is 12.2 Å². The molecule has 0 aliphatic carbocycles. The summed E-state index contributed by atoms with van der Waals surface area (Å²) in [5, 5.41) is 2.63. The Balaban J connectivity index is 1.39. The van der Waals surface area contributed by atoms with Crippen molar-refractivity contribution in [3.05, 3.63) is 70.9 Å². The Hall–Kier alpha value is -4.19. The molecule has 198 valence electrons. The molecular weight excluding hydrogens is 501 g/mol. The first-order chi connectivity index (χ1) is 18.1. The van der Waals surface area contributed by atoms with E-state index in [9.17, 15) is 22.8 Å². The average Bonchev–Trinajstić information content (AvgIpc) is 2.92. The summed E-state index contributed by atoms with van der Waals surface area (Å²) >= 11 is 0. The van der Waals surface area contributed by atoms with Gasteiger partial charge in [0.15, 0.2) is 0 Å². The molecule has 0 bridgehead atoms. The molecule has 2 aliphatic rings. The van der Waals surface area contributed by atoms with E-state index in [1.807, 2.05) is 11.8 Å². The first kappa shape index (κ1) is 25.5. The van der Waals surface area contributed by atoms with Gasteiger partial charge in [0.1, 0.15) is 5.82 Å². The molecule has 1 saturated heterocycles. The van der Waals surface area contributed by atoms with Gasteiger partial charge in [0.2, 0.25) is 5.95 Å². The quantitative estimate of drug-likeness (QED) is 0.540. The third kappa shape index (κ3) is 4.99. The summed E-state index contributed by atoms with van der Waals surface area (Å²) < 4.78 is 44.6. The standard InChI is InChI=1S/C26H25F3N6O3/c1-16-6-7-20(31-23(36)17-4-3-5-19(12-17)26(27,28)29)13-21(16)35-15-18-14-30-24(34-8-10-38-11-9-34)32-22(18)33(2)25(35)37/h3-7,12-14H,8-11,15H2,1-2H3,(H,31,36). The van der Waals surface area contributed by atoms with E-state index in [1.54, 1.807) is 36.3 Å². The van der Waals surface area contributed by atoms with Gasteiger partial charge in [0.25, 0.3) is 5.91 Å². The van der Waals surface area contributed by atoms with E-state index in [2.05, 4.69) is 15.3 Å². The highest BCUT2D eigenvalue weighted by Crippen LogP contribution is 2.34. The van der Waals surface area contributed by atoms with Gasteiger partial charge < -0.3 is 15.0 Å². The summed E-state index contributed by atoms with van der Waals surface area (Å²) in [4.78, 5) is 40.2. The van der Waals surface area contributed by atoms with Crippen LogP contribution in [0.1, 0.15) is 27.0 Å². The predicted octanol–water partition coefficient (Wildman–Crippen LogP) is 4.47. The monoisotopic (exact) mass is 526 g/mol. The number of hydrogen-bond donors (Lipinski definition) is 1. The van der Waals surface area contributed by atoms with E-state index in [0.717, 1.165) is 23.3 Å². The lowest BCUT2D eigenvalue weighted by Gasteiger charge is -2.35. The van der Waals surface area contributed by atoms with Gasteiger partial charge in [-0.05, 0) is 42.8 Å². The van der Waals surface area contributed by atoms with Crippen LogP contribution < -0.4 is 20.0 Å². The van der Waals surface area contributed by atoms with Gasteiger partial charge in [0, 0.05) is 43.1 Å². The molecule has 0 saturated carbocycles. The maximum absolute atomic E-state index is 13.4. The number of carbonyl (C=O) groups excluding carboxylic acids is 2. The number of hydrogen-bond acceptors (Lipinski definition) is 6. The molecule has 1 fully saturated rings. The lowest BCUT2D eigenvalue weighted by atomic mass is 10.1. The highest BCUT2D eigenvalue weighted by molar-refractivity contribution is 6.07. The molecule has 0 atom stereocenters. The average molecular weight is 527 g/mol. The molecule has 9 nitrogen and oxygen atoms in total. The van der Waals surface area contributed by atoms with Gasteiger partial charge in [-0.3, -0.25) is 14.6 Å². The van der Waals surface area contributed by atoms with Crippen molar-refractivity contribution in [2.75, 3.05) is 53.4 Å². The Labute approximate surface area is 216 Å². The van der Waals surface area contributed by atoms with E-state index in [0.29, 0.717) is 49.4 Å². The zero-order chi connectivity index (χ0) is 27.0. The molecule has 3 heterocycles. The number of morpholine rings is 1. The Kier molecular flexibility index (Phi) is 6.66. The van der Waals surface area contributed by atoms with Crippen LogP contribution >= 0.6 is 0 Å². The smallest absolute Gasteiger partial charge is 0.378 e. The highest BCUT2D eigenvalue weighted by Gasteiger charge is 2.33. The number of benzene rings is 2. The van der Waals surface area contributed by atoms with Gasteiger partial charge in [-0.15, -0.1) is 0 Å². The first-order valence-corrected chi connectivity index (χ1v) is 11.9. The minimum Gasteiger partial charge on any atom is -0.378 e. The molecule has 1 N–H and O–H groups in total. The van der Waals surface area contributed by atoms with Crippen molar-refractivity contribution >= 4 is 35.1 Å². The molecule has 2 aliphatic heterocycles. The van der Waals surface area contributed by atoms with E-state index in [-0.39, 0.29) is 18.1 Å². The number of fused-ring (bicyclic) bond motifs is 1. The molecular formula is C26H25F3N6O3. The Morgan fingerprint density at radius 1 is 1.11 bits per heavy atom. The van der Waals surface area contributed by atoms with E-state index >= 15 is 0 Å². The number of anilines is 4. The van der Waals surface area contributed by atoms with Crippen LogP contribution in [0, 0.1) is 6.92 Å². The van der Waals surface area contributed by atoms with Gasteiger partial charge in [-0.1, -0.05) is 12.1 Å². The normalized spacial score (nSPS) is 15.9. The second-order valence-corrected chi connectivity index (χ2v) is 9.08. The van der Waals surface area contributed by atoms with Crippen LogP contribution in [0.25, 0.3) is 0 Å². The maximum Gasteiger partial charge on any atom is 0.416 e. The summed E-state index contributed by atoms with van der Waals surface area (Å²) in [6, 6.07) is 8.89. The van der Waals surface area contributed by atoms with Crippen LogP contribution in [-0.4, -0.2) is 55.3 Å². The SMILES string of the molecule is Cc1ccc(NC(=O)c2cccc(C(F)(F)F)c2)cc1N1Cc2cnc(N3CCOCC3)nc2N(C)C1=O. The largest absolute Gasteiger partial charge is 0.416 e.